The van der Waals surface area contributed by atoms with E-state index >= 15 is 0 Å². The molecule has 2 aromatic heterocycles. The normalized spacial score (nSPS) is 15.0. The van der Waals surface area contributed by atoms with E-state index in [1.807, 2.05) is 24.3 Å². The van der Waals surface area contributed by atoms with Crippen LogP contribution in [-0.4, -0.2) is 46.1 Å². The Labute approximate surface area is 128 Å². The third-order valence-electron chi connectivity index (χ3n) is 3.43. The molecule has 0 aliphatic carbocycles. The molecule has 3 rings (SSSR count). The Morgan fingerprint density at radius 3 is 2.33 bits per heavy atom. The molecule has 0 radical (unpaired) electrons. The van der Waals surface area contributed by atoms with Gasteiger partial charge in [-0.3, -0.25) is 0 Å². The summed E-state index contributed by atoms with van der Waals surface area (Å²) in [7, 11) is 0. The first-order valence-corrected chi connectivity index (χ1v) is 7.18. The molecule has 3 heterocycles. The fourth-order valence-electron chi connectivity index (χ4n) is 2.33. The maximum Gasteiger partial charge on any atom is 0.225 e. The molecule has 0 bridgehead atoms. The van der Waals surface area contributed by atoms with E-state index in [9.17, 15) is 0 Å². The standard InChI is InChI=1S/C14H16N6S/c15-13(21)11-3-1-4-12(18-11)19-7-9-20(10-8-19)14-16-5-2-6-17-14/h1-6H,7-10H2,(H2,15,21). The van der Waals surface area contributed by atoms with Crippen LogP contribution in [0.1, 0.15) is 5.69 Å². The Hall–Kier alpha value is -2.28. The summed E-state index contributed by atoms with van der Waals surface area (Å²) in [6, 6.07) is 7.57. The average molecular weight is 300 g/mol. The molecule has 6 nitrogen and oxygen atoms in total. The molecular weight excluding hydrogens is 284 g/mol. The van der Waals surface area contributed by atoms with E-state index in [0.717, 1.165) is 37.9 Å². The van der Waals surface area contributed by atoms with Crippen molar-refractivity contribution in [3.8, 4) is 0 Å². The molecular formula is C14H16N6S. The van der Waals surface area contributed by atoms with Gasteiger partial charge in [0.1, 0.15) is 10.8 Å². The van der Waals surface area contributed by atoms with Gasteiger partial charge in [-0.05, 0) is 18.2 Å². The maximum absolute atomic E-state index is 5.64. The number of hydrogen-bond donors (Lipinski definition) is 1. The van der Waals surface area contributed by atoms with Gasteiger partial charge in [0.05, 0.1) is 5.69 Å². The quantitative estimate of drug-likeness (QED) is 0.842. The first kappa shape index (κ1) is 13.7. The Morgan fingerprint density at radius 1 is 1.00 bits per heavy atom. The van der Waals surface area contributed by atoms with Crippen molar-refractivity contribution in [2.75, 3.05) is 36.0 Å². The summed E-state index contributed by atoms with van der Waals surface area (Å²) in [4.78, 5) is 17.8. The zero-order valence-corrected chi connectivity index (χ0v) is 12.3. The lowest BCUT2D eigenvalue weighted by molar-refractivity contribution is 0.634. The van der Waals surface area contributed by atoms with Crippen LogP contribution >= 0.6 is 12.2 Å². The van der Waals surface area contributed by atoms with Crippen molar-refractivity contribution in [3.63, 3.8) is 0 Å². The molecule has 1 aliphatic rings. The van der Waals surface area contributed by atoms with E-state index < -0.39 is 0 Å². The topological polar surface area (TPSA) is 71.2 Å². The molecule has 21 heavy (non-hydrogen) atoms. The van der Waals surface area contributed by atoms with Gasteiger partial charge in [-0.25, -0.2) is 15.0 Å². The van der Waals surface area contributed by atoms with Gasteiger partial charge in [0, 0.05) is 38.6 Å². The maximum atomic E-state index is 5.64. The molecule has 1 saturated heterocycles. The van der Waals surface area contributed by atoms with Crippen LogP contribution in [0, 0.1) is 0 Å². The highest BCUT2D eigenvalue weighted by atomic mass is 32.1. The molecule has 0 unspecified atom stereocenters. The SMILES string of the molecule is NC(=S)c1cccc(N2CCN(c3ncccn3)CC2)n1. The number of piperazine rings is 1. The van der Waals surface area contributed by atoms with E-state index in [1.165, 1.54) is 0 Å². The van der Waals surface area contributed by atoms with E-state index in [2.05, 4.69) is 24.8 Å². The highest BCUT2D eigenvalue weighted by molar-refractivity contribution is 7.80. The van der Waals surface area contributed by atoms with Gasteiger partial charge in [0.2, 0.25) is 5.95 Å². The van der Waals surface area contributed by atoms with Crippen LogP contribution in [0.3, 0.4) is 0 Å². The smallest absolute Gasteiger partial charge is 0.225 e. The zero-order valence-electron chi connectivity index (χ0n) is 11.5. The van der Waals surface area contributed by atoms with Crippen molar-refractivity contribution >= 4 is 29.0 Å². The van der Waals surface area contributed by atoms with E-state index in [0.29, 0.717) is 10.7 Å². The number of nitrogens with zero attached hydrogens (tertiary/aromatic N) is 5. The Bertz CT molecular complexity index is 624. The second kappa shape index (κ2) is 6.01. The molecule has 0 saturated carbocycles. The molecule has 0 atom stereocenters. The number of thiocarbonyl (C=S) groups is 1. The number of hydrogen-bond acceptors (Lipinski definition) is 6. The summed E-state index contributed by atoms with van der Waals surface area (Å²) >= 11 is 4.98. The van der Waals surface area contributed by atoms with E-state index in [1.54, 1.807) is 12.4 Å². The molecule has 0 aromatic carbocycles. The first-order chi connectivity index (χ1) is 10.2. The van der Waals surface area contributed by atoms with Gasteiger partial charge in [-0.15, -0.1) is 0 Å². The minimum Gasteiger partial charge on any atom is -0.388 e. The third-order valence-corrected chi connectivity index (χ3v) is 3.63. The van der Waals surface area contributed by atoms with Crippen molar-refractivity contribution in [3.05, 3.63) is 42.4 Å². The minimum absolute atomic E-state index is 0.327. The zero-order chi connectivity index (χ0) is 14.7. The van der Waals surface area contributed by atoms with E-state index in [-0.39, 0.29) is 0 Å². The van der Waals surface area contributed by atoms with E-state index in [4.69, 9.17) is 18.0 Å². The van der Waals surface area contributed by atoms with Crippen molar-refractivity contribution in [2.45, 2.75) is 0 Å². The van der Waals surface area contributed by atoms with Crippen LogP contribution in [-0.2, 0) is 0 Å². The lowest BCUT2D eigenvalue weighted by Gasteiger charge is -2.35. The molecule has 108 valence electrons. The van der Waals surface area contributed by atoms with Crippen LogP contribution in [0.2, 0.25) is 0 Å². The number of aromatic nitrogens is 3. The molecule has 2 aromatic rings. The number of anilines is 2. The predicted octanol–water partition coefficient (Wildman–Crippen LogP) is 0.832. The molecule has 2 N–H and O–H groups in total. The number of rotatable bonds is 3. The summed E-state index contributed by atoms with van der Waals surface area (Å²) in [5, 5.41) is 0. The van der Waals surface area contributed by atoms with Crippen LogP contribution in [0.15, 0.2) is 36.7 Å². The Morgan fingerprint density at radius 2 is 1.67 bits per heavy atom. The van der Waals surface area contributed by atoms with Crippen molar-refractivity contribution in [1.82, 2.24) is 15.0 Å². The Balaban J connectivity index is 1.68. The van der Waals surface area contributed by atoms with Gasteiger partial charge >= 0.3 is 0 Å². The average Bonchev–Trinajstić information content (AvgIpc) is 2.56. The van der Waals surface area contributed by atoms with Gasteiger partial charge in [0.15, 0.2) is 0 Å². The molecule has 0 spiro atoms. The minimum atomic E-state index is 0.327. The van der Waals surface area contributed by atoms with Crippen molar-refractivity contribution in [2.24, 2.45) is 5.73 Å². The van der Waals surface area contributed by atoms with Gasteiger partial charge in [0.25, 0.3) is 0 Å². The van der Waals surface area contributed by atoms with Gasteiger partial charge in [-0.2, -0.15) is 0 Å². The summed E-state index contributed by atoms with van der Waals surface area (Å²) in [6.07, 6.45) is 3.53. The van der Waals surface area contributed by atoms with Gasteiger partial charge in [-0.1, -0.05) is 18.3 Å². The van der Waals surface area contributed by atoms with Crippen LogP contribution in [0.25, 0.3) is 0 Å². The molecule has 7 heteroatoms. The van der Waals surface area contributed by atoms with Crippen molar-refractivity contribution < 1.29 is 0 Å². The Kier molecular flexibility index (Phi) is 3.92. The molecule has 0 amide bonds. The number of pyridine rings is 1. The molecule has 1 aliphatic heterocycles. The lowest BCUT2D eigenvalue weighted by atomic mass is 10.3. The lowest BCUT2D eigenvalue weighted by Crippen LogP contribution is -2.47. The van der Waals surface area contributed by atoms with Gasteiger partial charge < -0.3 is 15.5 Å². The summed E-state index contributed by atoms with van der Waals surface area (Å²) in [5.41, 5.74) is 6.30. The first-order valence-electron chi connectivity index (χ1n) is 6.78. The summed E-state index contributed by atoms with van der Waals surface area (Å²) in [5.74, 6) is 1.69. The fraction of sp³-hybridized carbons (Fsp3) is 0.286. The predicted molar refractivity (Wildman–Crippen MR) is 86.6 cm³/mol. The third kappa shape index (κ3) is 3.08. The van der Waals surface area contributed by atoms with Crippen LogP contribution < -0.4 is 15.5 Å². The summed E-state index contributed by atoms with van der Waals surface area (Å²) < 4.78 is 0. The van der Waals surface area contributed by atoms with Crippen LogP contribution in [0.4, 0.5) is 11.8 Å². The van der Waals surface area contributed by atoms with Crippen molar-refractivity contribution in [1.29, 1.82) is 0 Å². The monoisotopic (exact) mass is 300 g/mol. The fourth-order valence-corrected chi connectivity index (χ4v) is 2.44. The number of nitrogens with two attached hydrogens (primary N) is 1. The highest BCUT2D eigenvalue weighted by Gasteiger charge is 2.19. The second-order valence-corrected chi connectivity index (χ2v) is 5.21. The highest BCUT2D eigenvalue weighted by Crippen LogP contribution is 2.16. The molecule has 1 fully saturated rings. The largest absolute Gasteiger partial charge is 0.388 e. The second-order valence-electron chi connectivity index (χ2n) is 4.77. The van der Waals surface area contributed by atoms with Crippen LogP contribution in [0.5, 0.6) is 0 Å². The summed E-state index contributed by atoms with van der Waals surface area (Å²) in [6.45, 7) is 3.46.